The van der Waals surface area contributed by atoms with Gasteiger partial charge in [0.05, 0.1) is 6.61 Å². The number of unbranched alkanes of at least 4 members (excludes halogenated alkanes) is 25. The van der Waals surface area contributed by atoms with Gasteiger partial charge >= 0.3 is 19.8 Å². The third kappa shape index (κ3) is 37.6. The van der Waals surface area contributed by atoms with Gasteiger partial charge in [0.25, 0.3) is 0 Å². The van der Waals surface area contributed by atoms with Crippen molar-refractivity contribution >= 4 is 19.8 Å². The molecule has 0 saturated carbocycles. The molecule has 1 atom stereocenters. The van der Waals surface area contributed by atoms with E-state index in [1.165, 1.54) is 116 Å². The van der Waals surface area contributed by atoms with Crippen LogP contribution >= 0.6 is 7.82 Å². The predicted molar refractivity (Wildman–Crippen MR) is 198 cm³/mol. The zero-order valence-electron chi connectivity index (χ0n) is 31.2. The predicted octanol–water partition coefficient (Wildman–Crippen LogP) is 11.8. The summed E-state index contributed by atoms with van der Waals surface area (Å²) < 4.78 is 26.3. The van der Waals surface area contributed by atoms with Crippen LogP contribution in [0.4, 0.5) is 0 Å². The molecule has 284 valence electrons. The molecule has 0 aliphatic heterocycles. The molecule has 0 unspecified atom stereocenters. The van der Waals surface area contributed by atoms with E-state index in [0.717, 1.165) is 57.8 Å². The van der Waals surface area contributed by atoms with Crippen molar-refractivity contribution in [2.45, 2.75) is 213 Å². The number of hydrogen-bond acceptors (Lipinski definition) is 6. The van der Waals surface area contributed by atoms with Crippen LogP contribution in [0.3, 0.4) is 0 Å². The van der Waals surface area contributed by atoms with E-state index in [1.54, 1.807) is 0 Å². The Morgan fingerprint density at radius 2 is 0.875 bits per heavy atom. The van der Waals surface area contributed by atoms with Gasteiger partial charge in [0.1, 0.15) is 6.61 Å². The highest BCUT2D eigenvalue weighted by Crippen LogP contribution is 2.36. The fourth-order valence-electron chi connectivity index (χ4n) is 5.78. The lowest BCUT2D eigenvalue weighted by molar-refractivity contribution is -0.161. The van der Waals surface area contributed by atoms with Crippen molar-refractivity contribution in [3.05, 3.63) is 12.2 Å². The Morgan fingerprint density at radius 3 is 1.27 bits per heavy atom. The number of ether oxygens (including phenoxy) is 2. The van der Waals surface area contributed by atoms with Crippen LogP contribution in [0.15, 0.2) is 12.2 Å². The van der Waals surface area contributed by atoms with E-state index in [0.29, 0.717) is 6.42 Å². The number of rotatable bonds is 37. The van der Waals surface area contributed by atoms with E-state index in [9.17, 15) is 14.2 Å². The molecule has 0 aromatic heterocycles. The van der Waals surface area contributed by atoms with Gasteiger partial charge in [0.15, 0.2) is 6.10 Å². The molecule has 0 fully saturated rings. The molecule has 9 heteroatoms. The molecule has 2 N–H and O–H groups in total. The molecule has 0 spiro atoms. The molecule has 0 heterocycles. The van der Waals surface area contributed by atoms with Crippen LogP contribution < -0.4 is 0 Å². The van der Waals surface area contributed by atoms with Gasteiger partial charge in [0.2, 0.25) is 0 Å². The Hall–Kier alpha value is -1.21. The number of allylic oxidation sites excluding steroid dienone is 2. The molecule has 0 radical (unpaired) electrons. The molecule has 0 aromatic rings. The first-order valence-corrected chi connectivity index (χ1v) is 21.5. The van der Waals surface area contributed by atoms with Crippen LogP contribution in [-0.4, -0.2) is 41.0 Å². The second-order valence-corrected chi connectivity index (χ2v) is 14.9. The lowest BCUT2D eigenvalue weighted by Gasteiger charge is -2.18. The van der Waals surface area contributed by atoms with Crippen LogP contribution in [0.5, 0.6) is 0 Å². The SMILES string of the molecule is CCCCCCC/C=C/CCCCCCCC(=O)OC[C@H](COP(=O)(O)O)OC(=O)CCCCCCCCCCCCCCCCCC. The second kappa shape index (κ2) is 35.6. The molecular weight excluding hydrogens is 627 g/mol. The number of carbonyl (C=O) groups is 2. The minimum atomic E-state index is -4.75. The van der Waals surface area contributed by atoms with Gasteiger partial charge in [-0.2, -0.15) is 0 Å². The molecule has 0 saturated heterocycles. The molecule has 0 amide bonds. The van der Waals surface area contributed by atoms with E-state index in [2.05, 4.69) is 30.5 Å². The summed E-state index contributed by atoms with van der Waals surface area (Å²) in [4.78, 5) is 42.7. The van der Waals surface area contributed by atoms with Crippen molar-refractivity contribution in [1.29, 1.82) is 0 Å². The Balaban J connectivity index is 3.92. The van der Waals surface area contributed by atoms with Gasteiger partial charge in [-0.25, -0.2) is 4.57 Å². The smallest absolute Gasteiger partial charge is 0.462 e. The van der Waals surface area contributed by atoms with Crippen molar-refractivity contribution in [3.63, 3.8) is 0 Å². The Labute approximate surface area is 295 Å². The van der Waals surface area contributed by atoms with Gasteiger partial charge in [-0.15, -0.1) is 0 Å². The van der Waals surface area contributed by atoms with E-state index in [1.807, 2.05) is 0 Å². The summed E-state index contributed by atoms with van der Waals surface area (Å²) in [5.41, 5.74) is 0. The monoisotopic (exact) mass is 703 g/mol. The van der Waals surface area contributed by atoms with Gasteiger partial charge in [-0.3, -0.25) is 14.1 Å². The average molecular weight is 703 g/mol. The number of esters is 2. The zero-order chi connectivity index (χ0) is 35.4. The second-order valence-electron chi connectivity index (χ2n) is 13.6. The normalized spacial score (nSPS) is 12.5. The third-order valence-corrected chi connectivity index (χ3v) is 9.27. The number of phosphoric acid groups is 1. The van der Waals surface area contributed by atoms with Crippen LogP contribution in [-0.2, 0) is 28.2 Å². The van der Waals surface area contributed by atoms with Crippen molar-refractivity contribution in [2.24, 2.45) is 0 Å². The van der Waals surface area contributed by atoms with Gasteiger partial charge in [-0.05, 0) is 38.5 Å². The highest BCUT2D eigenvalue weighted by molar-refractivity contribution is 7.46. The number of carbonyl (C=O) groups excluding carboxylic acids is 2. The summed E-state index contributed by atoms with van der Waals surface area (Å²) in [7, 11) is -4.75. The largest absolute Gasteiger partial charge is 0.469 e. The highest BCUT2D eigenvalue weighted by Gasteiger charge is 2.22. The standard InChI is InChI=1S/C39H75O8P/c1-3-5-7-9-11-13-15-17-19-20-22-24-26-28-30-32-34-39(41)47-37(36-46-48(42,43)44)35-45-38(40)33-31-29-27-25-23-21-18-16-14-12-10-8-6-4-2/h16,18,37H,3-15,17,19-36H2,1-2H3,(H2,42,43,44)/b18-16+/t37-/m1/s1. The van der Waals surface area contributed by atoms with Crippen molar-refractivity contribution in [3.8, 4) is 0 Å². The van der Waals surface area contributed by atoms with Crippen LogP contribution in [0.25, 0.3) is 0 Å². The summed E-state index contributed by atoms with van der Waals surface area (Å²) in [6, 6.07) is 0. The maximum absolute atomic E-state index is 12.4. The number of phosphoric ester groups is 1. The topological polar surface area (TPSA) is 119 Å². The third-order valence-electron chi connectivity index (χ3n) is 8.78. The molecule has 8 nitrogen and oxygen atoms in total. The lowest BCUT2D eigenvalue weighted by Crippen LogP contribution is -2.29. The molecule has 0 bridgehead atoms. The summed E-state index contributed by atoms with van der Waals surface area (Å²) in [6.07, 6.45) is 37.9. The van der Waals surface area contributed by atoms with E-state index in [-0.39, 0.29) is 19.4 Å². The maximum atomic E-state index is 12.4. The van der Waals surface area contributed by atoms with Crippen molar-refractivity contribution < 1.29 is 37.9 Å². The maximum Gasteiger partial charge on any atom is 0.469 e. The molecule has 0 rings (SSSR count). The summed E-state index contributed by atoms with van der Waals surface area (Å²) in [6.45, 7) is 3.68. The Morgan fingerprint density at radius 1 is 0.521 bits per heavy atom. The first-order chi connectivity index (χ1) is 23.3. The first-order valence-electron chi connectivity index (χ1n) is 20.0. The minimum Gasteiger partial charge on any atom is -0.462 e. The summed E-state index contributed by atoms with van der Waals surface area (Å²) >= 11 is 0. The van der Waals surface area contributed by atoms with Crippen LogP contribution in [0.1, 0.15) is 206 Å². The fraction of sp³-hybridized carbons (Fsp3) is 0.897. The zero-order valence-corrected chi connectivity index (χ0v) is 32.0. The summed E-state index contributed by atoms with van der Waals surface area (Å²) in [5, 5.41) is 0. The van der Waals surface area contributed by atoms with E-state index >= 15 is 0 Å². The highest BCUT2D eigenvalue weighted by atomic mass is 31.2. The van der Waals surface area contributed by atoms with Gasteiger partial charge in [-0.1, -0.05) is 167 Å². The Kier molecular flexibility index (Phi) is 34.7. The van der Waals surface area contributed by atoms with Gasteiger partial charge in [0, 0.05) is 12.8 Å². The fourth-order valence-corrected chi connectivity index (χ4v) is 6.14. The number of hydrogen-bond donors (Lipinski definition) is 2. The van der Waals surface area contributed by atoms with E-state index < -0.39 is 32.5 Å². The van der Waals surface area contributed by atoms with Crippen molar-refractivity contribution in [1.82, 2.24) is 0 Å². The quantitative estimate of drug-likeness (QED) is 0.0284. The molecule has 48 heavy (non-hydrogen) atoms. The molecule has 0 aromatic carbocycles. The molecule has 0 aliphatic rings. The molecule has 0 aliphatic carbocycles. The van der Waals surface area contributed by atoms with Crippen LogP contribution in [0.2, 0.25) is 0 Å². The van der Waals surface area contributed by atoms with E-state index in [4.69, 9.17) is 19.3 Å². The average Bonchev–Trinajstić information content (AvgIpc) is 3.05. The van der Waals surface area contributed by atoms with Crippen molar-refractivity contribution in [2.75, 3.05) is 13.2 Å². The summed E-state index contributed by atoms with van der Waals surface area (Å²) in [5.74, 6) is -0.885. The first kappa shape index (κ1) is 46.8. The molecular formula is C39H75O8P. The van der Waals surface area contributed by atoms with Crippen LogP contribution in [0, 0.1) is 0 Å². The minimum absolute atomic E-state index is 0.216. The Bertz CT molecular complexity index is 797. The lowest BCUT2D eigenvalue weighted by atomic mass is 10.0. The van der Waals surface area contributed by atoms with Gasteiger partial charge < -0.3 is 19.3 Å².